The molecule has 2 atom stereocenters. The number of aliphatic hydroxyl groups is 1. The Bertz CT molecular complexity index is 380. The fourth-order valence-electron chi connectivity index (χ4n) is 2.06. The van der Waals surface area contributed by atoms with Crippen LogP contribution in [0.4, 0.5) is 0 Å². The van der Waals surface area contributed by atoms with Crippen molar-refractivity contribution in [3.8, 4) is 0 Å². The number of amides is 1. The second-order valence-corrected chi connectivity index (χ2v) is 4.58. The summed E-state index contributed by atoms with van der Waals surface area (Å²) in [6, 6.07) is 0.0723. The SMILES string of the molecule is CC1COC(CO)CN1C(=O)CCn1ccnc1. The maximum Gasteiger partial charge on any atom is 0.224 e. The average Bonchev–Trinajstić information content (AvgIpc) is 2.89. The van der Waals surface area contributed by atoms with E-state index in [0.29, 0.717) is 26.1 Å². The van der Waals surface area contributed by atoms with E-state index in [9.17, 15) is 4.79 Å². The quantitative estimate of drug-likeness (QED) is 0.812. The van der Waals surface area contributed by atoms with E-state index in [1.807, 2.05) is 17.7 Å². The molecule has 0 aliphatic carbocycles. The topological polar surface area (TPSA) is 67.6 Å². The Morgan fingerprint density at radius 1 is 1.61 bits per heavy atom. The van der Waals surface area contributed by atoms with E-state index in [1.54, 1.807) is 17.4 Å². The van der Waals surface area contributed by atoms with Crippen molar-refractivity contribution in [2.75, 3.05) is 19.8 Å². The summed E-state index contributed by atoms with van der Waals surface area (Å²) in [6.07, 6.45) is 5.43. The van der Waals surface area contributed by atoms with Gasteiger partial charge in [-0.15, -0.1) is 0 Å². The lowest BCUT2D eigenvalue weighted by atomic mass is 10.2. The van der Waals surface area contributed by atoms with Gasteiger partial charge in [-0.25, -0.2) is 4.98 Å². The molecule has 2 unspecified atom stereocenters. The van der Waals surface area contributed by atoms with Gasteiger partial charge in [-0.05, 0) is 6.92 Å². The summed E-state index contributed by atoms with van der Waals surface area (Å²) < 4.78 is 7.29. The van der Waals surface area contributed by atoms with Crippen LogP contribution in [0.5, 0.6) is 0 Å². The van der Waals surface area contributed by atoms with Crippen molar-refractivity contribution < 1.29 is 14.6 Å². The molecule has 1 aliphatic heterocycles. The van der Waals surface area contributed by atoms with Crippen molar-refractivity contribution in [1.82, 2.24) is 14.5 Å². The fourth-order valence-corrected chi connectivity index (χ4v) is 2.06. The lowest BCUT2D eigenvalue weighted by Crippen LogP contribution is -2.52. The monoisotopic (exact) mass is 253 g/mol. The zero-order valence-corrected chi connectivity index (χ0v) is 10.5. The van der Waals surface area contributed by atoms with Gasteiger partial charge in [0, 0.05) is 31.9 Å². The van der Waals surface area contributed by atoms with Gasteiger partial charge in [-0.2, -0.15) is 0 Å². The molecule has 2 rings (SSSR count). The van der Waals surface area contributed by atoms with Gasteiger partial charge < -0.3 is 19.3 Å². The van der Waals surface area contributed by atoms with Crippen molar-refractivity contribution >= 4 is 5.91 Å². The largest absolute Gasteiger partial charge is 0.394 e. The van der Waals surface area contributed by atoms with Gasteiger partial charge >= 0.3 is 0 Å². The van der Waals surface area contributed by atoms with Crippen LogP contribution in [0.15, 0.2) is 18.7 Å². The number of hydrogen-bond donors (Lipinski definition) is 1. The number of hydrogen-bond acceptors (Lipinski definition) is 4. The highest BCUT2D eigenvalue weighted by Crippen LogP contribution is 2.13. The summed E-state index contributed by atoms with van der Waals surface area (Å²) in [5.41, 5.74) is 0. The average molecular weight is 253 g/mol. The molecule has 0 spiro atoms. The zero-order chi connectivity index (χ0) is 13.0. The summed E-state index contributed by atoms with van der Waals surface area (Å²) in [5.74, 6) is 0.0953. The lowest BCUT2D eigenvalue weighted by molar-refractivity contribution is -0.146. The van der Waals surface area contributed by atoms with Crippen LogP contribution in [0.25, 0.3) is 0 Å². The van der Waals surface area contributed by atoms with Crippen molar-refractivity contribution in [3.63, 3.8) is 0 Å². The number of imidazole rings is 1. The Morgan fingerprint density at radius 2 is 2.44 bits per heavy atom. The van der Waals surface area contributed by atoms with E-state index in [2.05, 4.69) is 4.98 Å². The van der Waals surface area contributed by atoms with E-state index in [0.717, 1.165) is 0 Å². The van der Waals surface area contributed by atoms with E-state index >= 15 is 0 Å². The molecule has 6 nitrogen and oxygen atoms in total. The molecule has 6 heteroatoms. The molecular weight excluding hydrogens is 234 g/mol. The van der Waals surface area contributed by atoms with Gasteiger partial charge in [0.15, 0.2) is 0 Å². The molecule has 1 aromatic rings. The molecule has 1 aromatic heterocycles. The van der Waals surface area contributed by atoms with Crippen LogP contribution in [0, 0.1) is 0 Å². The summed E-state index contributed by atoms with van der Waals surface area (Å²) in [6.45, 7) is 3.51. The van der Waals surface area contributed by atoms with Gasteiger partial charge in [0.2, 0.25) is 5.91 Å². The minimum absolute atomic E-state index is 0.0436. The first-order valence-electron chi connectivity index (χ1n) is 6.18. The predicted octanol–water partition coefficient (Wildman–Crippen LogP) is -0.119. The van der Waals surface area contributed by atoms with Gasteiger partial charge in [0.1, 0.15) is 0 Å². The number of aromatic nitrogens is 2. The molecule has 1 saturated heterocycles. The van der Waals surface area contributed by atoms with E-state index < -0.39 is 0 Å². The molecule has 100 valence electrons. The van der Waals surface area contributed by atoms with Gasteiger partial charge in [0.25, 0.3) is 0 Å². The van der Waals surface area contributed by atoms with Crippen LogP contribution >= 0.6 is 0 Å². The normalized spacial score (nSPS) is 24.2. The summed E-state index contributed by atoms with van der Waals surface area (Å²) >= 11 is 0. The highest BCUT2D eigenvalue weighted by atomic mass is 16.5. The summed E-state index contributed by atoms with van der Waals surface area (Å²) in [4.78, 5) is 17.9. The fraction of sp³-hybridized carbons (Fsp3) is 0.667. The Morgan fingerprint density at radius 3 is 3.11 bits per heavy atom. The predicted molar refractivity (Wildman–Crippen MR) is 64.8 cm³/mol. The maximum absolute atomic E-state index is 12.1. The van der Waals surface area contributed by atoms with Crippen molar-refractivity contribution in [2.45, 2.75) is 32.0 Å². The van der Waals surface area contributed by atoms with Crippen LogP contribution in [0.2, 0.25) is 0 Å². The Kier molecular flexibility index (Phi) is 4.33. The Balaban J connectivity index is 1.86. The number of aliphatic hydroxyl groups excluding tert-OH is 1. The van der Waals surface area contributed by atoms with Crippen molar-refractivity contribution in [3.05, 3.63) is 18.7 Å². The van der Waals surface area contributed by atoms with Crippen molar-refractivity contribution in [2.24, 2.45) is 0 Å². The molecular formula is C12H19N3O3. The van der Waals surface area contributed by atoms with Crippen LogP contribution in [-0.2, 0) is 16.1 Å². The molecule has 1 aliphatic rings. The number of aryl methyl sites for hydroxylation is 1. The molecule has 0 aromatic carbocycles. The third-order valence-corrected chi connectivity index (χ3v) is 3.17. The highest BCUT2D eigenvalue weighted by Gasteiger charge is 2.28. The highest BCUT2D eigenvalue weighted by molar-refractivity contribution is 5.76. The Hall–Kier alpha value is -1.40. The smallest absolute Gasteiger partial charge is 0.224 e. The molecule has 0 bridgehead atoms. The zero-order valence-electron chi connectivity index (χ0n) is 10.5. The number of carbonyl (C=O) groups is 1. The lowest BCUT2D eigenvalue weighted by Gasteiger charge is -2.37. The van der Waals surface area contributed by atoms with Gasteiger partial charge in [0.05, 0.1) is 31.7 Å². The number of morpholine rings is 1. The minimum Gasteiger partial charge on any atom is -0.394 e. The molecule has 2 heterocycles. The second kappa shape index (κ2) is 5.97. The van der Waals surface area contributed by atoms with Gasteiger partial charge in [-0.1, -0.05) is 0 Å². The number of carbonyl (C=O) groups excluding carboxylic acids is 1. The molecule has 1 fully saturated rings. The first kappa shape index (κ1) is 13.0. The maximum atomic E-state index is 12.1. The third-order valence-electron chi connectivity index (χ3n) is 3.17. The second-order valence-electron chi connectivity index (χ2n) is 4.58. The van der Waals surface area contributed by atoms with Crippen LogP contribution in [0.3, 0.4) is 0 Å². The van der Waals surface area contributed by atoms with Gasteiger partial charge in [-0.3, -0.25) is 4.79 Å². The minimum atomic E-state index is -0.251. The molecule has 1 amide bonds. The first-order chi connectivity index (χ1) is 8.70. The standard InChI is InChI=1S/C12H19N3O3/c1-10-8-18-11(7-16)6-15(10)12(17)2-4-14-5-3-13-9-14/h3,5,9-11,16H,2,4,6-8H2,1H3. The van der Waals surface area contributed by atoms with Crippen LogP contribution in [-0.4, -0.2) is 57.4 Å². The molecule has 18 heavy (non-hydrogen) atoms. The molecule has 1 N–H and O–H groups in total. The first-order valence-corrected chi connectivity index (χ1v) is 6.18. The van der Waals surface area contributed by atoms with Crippen LogP contribution < -0.4 is 0 Å². The summed E-state index contributed by atoms with van der Waals surface area (Å²) in [5, 5.41) is 9.08. The number of ether oxygens (including phenoxy) is 1. The summed E-state index contributed by atoms with van der Waals surface area (Å²) in [7, 11) is 0. The number of nitrogens with zero attached hydrogens (tertiary/aromatic N) is 3. The van der Waals surface area contributed by atoms with E-state index in [4.69, 9.17) is 9.84 Å². The molecule has 0 saturated carbocycles. The van der Waals surface area contributed by atoms with Crippen molar-refractivity contribution in [1.29, 1.82) is 0 Å². The third kappa shape index (κ3) is 3.08. The van der Waals surface area contributed by atoms with E-state index in [-0.39, 0.29) is 24.7 Å². The van der Waals surface area contributed by atoms with E-state index in [1.165, 1.54) is 0 Å². The molecule has 0 radical (unpaired) electrons. The number of rotatable bonds is 4. The Labute approximate surface area is 106 Å². The van der Waals surface area contributed by atoms with Crippen LogP contribution in [0.1, 0.15) is 13.3 Å².